The van der Waals surface area contributed by atoms with Gasteiger partial charge in [-0.1, -0.05) is 5.92 Å². The van der Waals surface area contributed by atoms with Gasteiger partial charge in [-0.25, -0.2) is 4.39 Å². The molecule has 2 amide bonds. The van der Waals surface area contributed by atoms with Crippen LogP contribution in [0, 0.1) is 18.2 Å². The molecule has 1 fully saturated rings. The van der Waals surface area contributed by atoms with E-state index in [0.29, 0.717) is 12.8 Å². The molecule has 1 aliphatic heterocycles. The fourth-order valence-electron chi connectivity index (χ4n) is 2.65. The molecule has 0 saturated heterocycles. The predicted octanol–water partition coefficient (Wildman–Crippen LogP) is 1.52. The van der Waals surface area contributed by atoms with Gasteiger partial charge >= 0.3 is 5.97 Å². The average Bonchev–Trinajstić information content (AvgIpc) is 3.32. The van der Waals surface area contributed by atoms with Crippen molar-refractivity contribution in [2.75, 3.05) is 16.8 Å². The topological polar surface area (TPSA) is 95.9 Å². The third-order valence-electron chi connectivity index (χ3n) is 4.07. The van der Waals surface area contributed by atoms with Crippen molar-refractivity contribution in [3.05, 3.63) is 17.9 Å². The highest BCUT2D eigenvalue weighted by Gasteiger charge is 2.58. The largest absolute Gasteiger partial charge is 0.481 e. The molecule has 0 atom stereocenters. The molecular formula is C17H15FN2O5. The number of ether oxygens (including phenoxy) is 1. The third-order valence-corrected chi connectivity index (χ3v) is 4.07. The summed E-state index contributed by atoms with van der Waals surface area (Å²) in [5.74, 6) is -0.230. The van der Waals surface area contributed by atoms with Gasteiger partial charge in [-0.15, -0.1) is 6.42 Å². The van der Waals surface area contributed by atoms with Crippen LogP contribution >= 0.6 is 0 Å². The van der Waals surface area contributed by atoms with E-state index < -0.39 is 23.3 Å². The van der Waals surface area contributed by atoms with Crippen molar-refractivity contribution >= 4 is 29.2 Å². The van der Waals surface area contributed by atoms with Gasteiger partial charge in [0.05, 0.1) is 24.3 Å². The summed E-state index contributed by atoms with van der Waals surface area (Å²) in [6.07, 6.45) is 5.74. The monoisotopic (exact) mass is 346 g/mol. The number of carboxylic acids is 1. The summed E-state index contributed by atoms with van der Waals surface area (Å²) >= 11 is 0. The minimum Gasteiger partial charge on any atom is -0.481 e. The SMILES string of the molecule is C#CCN1C(=O)C2(CC2)Oc2cc(F)c(NC(=O)CCC(=O)O)cc21. The highest BCUT2D eigenvalue weighted by molar-refractivity contribution is 6.06. The first-order chi connectivity index (χ1) is 11.9. The standard InChI is InChI=1S/C17H15FN2O5/c1-2-7-20-12-9-11(19-14(21)3-4-15(22)23)10(18)8-13(12)25-17(5-6-17)16(20)24/h1,8-9H,3-7H2,(H,19,21)(H,22,23). The molecule has 1 spiro atoms. The number of nitrogens with one attached hydrogen (secondary N) is 1. The summed E-state index contributed by atoms with van der Waals surface area (Å²) in [6, 6.07) is 2.37. The van der Waals surface area contributed by atoms with Crippen LogP contribution in [0.2, 0.25) is 0 Å². The summed E-state index contributed by atoms with van der Waals surface area (Å²) < 4.78 is 19.9. The van der Waals surface area contributed by atoms with Gasteiger partial charge in [0.2, 0.25) is 5.91 Å². The van der Waals surface area contributed by atoms with Crippen molar-refractivity contribution < 1.29 is 28.6 Å². The molecule has 7 nitrogen and oxygen atoms in total. The fraction of sp³-hybridized carbons (Fsp3) is 0.353. The van der Waals surface area contributed by atoms with Gasteiger partial charge in [0, 0.05) is 25.3 Å². The summed E-state index contributed by atoms with van der Waals surface area (Å²) in [7, 11) is 0. The number of carbonyl (C=O) groups is 3. The van der Waals surface area contributed by atoms with E-state index in [1.165, 1.54) is 11.0 Å². The van der Waals surface area contributed by atoms with Crippen LogP contribution in [0.5, 0.6) is 5.75 Å². The Balaban J connectivity index is 1.89. The molecule has 130 valence electrons. The van der Waals surface area contributed by atoms with Crippen LogP contribution in [0.15, 0.2) is 12.1 Å². The van der Waals surface area contributed by atoms with E-state index in [0.717, 1.165) is 6.07 Å². The van der Waals surface area contributed by atoms with Crippen LogP contribution < -0.4 is 15.0 Å². The molecule has 2 N–H and O–H groups in total. The predicted molar refractivity (Wildman–Crippen MR) is 85.7 cm³/mol. The van der Waals surface area contributed by atoms with Crippen molar-refractivity contribution in [3.8, 4) is 18.1 Å². The molecule has 1 saturated carbocycles. The lowest BCUT2D eigenvalue weighted by Crippen LogP contribution is -2.48. The molecule has 1 heterocycles. The van der Waals surface area contributed by atoms with Gasteiger partial charge in [-0.05, 0) is 6.07 Å². The molecule has 2 aliphatic rings. The Morgan fingerprint density at radius 2 is 2.12 bits per heavy atom. The fourth-order valence-corrected chi connectivity index (χ4v) is 2.65. The van der Waals surface area contributed by atoms with Crippen LogP contribution in [0.3, 0.4) is 0 Å². The van der Waals surface area contributed by atoms with E-state index in [2.05, 4.69) is 11.2 Å². The van der Waals surface area contributed by atoms with Crippen molar-refractivity contribution in [1.29, 1.82) is 0 Å². The Hall–Kier alpha value is -3.08. The zero-order valence-corrected chi connectivity index (χ0v) is 13.2. The highest BCUT2D eigenvalue weighted by atomic mass is 19.1. The number of fused-ring (bicyclic) bond motifs is 1. The second-order valence-electron chi connectivity index (χ2n) is 5.93. The Labute approximate surface area is 142 Å². The molecule has 25 heavy (non-hydrogen) atoms. The maximum absolute atomic E-state index is 14.3. The zero-order valence-electron chi connectivity index (χ0n) is 13.2. The minimum atomic E-state index is -1.13. The van der Waals surface area contributed by atoms with Gasteiger partial charge in [0.15, 0.2) is 11.4 Å². The van der Waals surface area contributed by atoms with Gasteiger partial charge in [0.25, 0.3) is 5.91 Å². The van der Waals surface area contributed by atoms with Gasteiger partial charge in [-0.3, -0.25) is 19.3 Å². The lowest BCUT2D eigenvalue weighted by atomic mass is 10.1. The Morgan fingerprint density at radius 3 is 2.72 bits per heavy atom. The molecule has 1 aromatic rings. The molecular weight excluding hydrogens is 331 g/mol. The van der Waals surface area contributed by atoms with Crippen molar-refractivity contribution in [3.63, 3.8) is 0 Å². The number of hydrogen-bond donors (Lipinski definition) is 2. The van der Waals surface area contributed by atoms with Crippen LogP contribution in [-0.2, 0) is 14.4 Å². The minimum absolute atomic E-state index is 0.00498. The summed E-state index contributed by atoms with van der Waals surface area (Å²) in [4.78, 5) is 36.1. The second-order valence-corrected chi connectivity index (χ2v) is 5.93. The van der Waals surface area contributed by atoms with Crippen LogP contribution in [0.25, 0.3) is 0 Å². The lowest BCUT2D eigenvalue weighted by Gasteiger charge is -2.34. The molecule has 8 heteroatoms. The van der Waals surface area contributed by atoms with Crippen molar-refractivity contribution in [2.45, 2.75) is 31.3 Å². The highest BCUT2D eigenvalue weighted by Crippen LogP contribution is 2.50. The summed E-state index contributed by atoms with van der Waals surface area (Å²) in [6.45, 7) is -0.00498. The molecule has 0 aromatic heterocycles. The quantitative estimate of drug-likeness (QED) is 0.788. The molecule has 1 aromatic carbocycles. The average molecular weight is 346 g/mol. The van der Waals surface area contributed by atoms with Crippen molar-refractivity contribution in [2.24, 2.45) is 0 Å². The second kappa shape index (κ2) is 6.09. The Kier molecular flexibility index (Phi) is 4.08. The number of amides is 2. The maximum atomic E-state index is 14.3. The maximum Gasteiger partial charge on any atom is 0.303 e. The van der Waals surface area contributed by atoms with E-state index in [1.807, 2.05) is 0 Å². The smallest absolute Gasteiger partial charge is 0.303 e. The number of rotatable bonds is 5. The molecule has 1 aliphatic carbocycles. The van der Waals surface area contributed by atoms with Gasteiger partial charge in [-0.2, -0.15) is 0 Å². The number of aliphatic carboxylic acids is 1. The third kappa shape index (κ3) is 3.13. The number of anilines is 2. The van der Waals surface area contributed by atoms with Crippen LogP contribution in [0.1, 0.15) is 25.7 Å². The van der Waals surface area contributed by atoms with Crippen LogP contribution in [0.4, 0.5) is 15.8 Å². The van der Waals surface area contributed by atoms with Gasteiger partial charge < -0.3 is 15.2 Å². The van der Waals surface area contributed by atoms with E-state index in [1.54, 1.807) is 0 Å². The first-order valence-electron chi connectivity index (χ1n) is 7.66. The molecule has 0 radical (unpaired) electrons. The number of hydrogen-bond acceptors (Lipinski definition) is 4. The first kappa shape index (κ1) is 16.8. The molecule has 0 bridgehead atoms. The summed E-state index contributed by atoms with van der Waals surface area (Å²) in [5, 5.41) is 10.9. The lowest BCUT2D eigenvalue weighted by molar-refractivity contribution is -0.138. The number of terminal acetylenes is 1. The first-order valence-corrected chi connectivity index (χ1v) is 7.66. The van der Waals surface area contributed by atoms with E-state index in [-0.39, 0.29) is 42.4 Å². The van der Waals surface area contributed by atoms with E-state index in [4.69, 9.17) is 16.3 Å². The zero-order chi connectivity index (χ0) is 18.2. The number of nitrogens with zero attached hydrogens (tertiary/aromatic N) is 1. The molecule has 3 rings (SSSR count). The van der Waals surface area contributed by atoms with Gasteiger partial charge in [0.1, 0.15) is 5.75 Å². The molecule has 0 unspecified atom stereocenters. The Bertz CT molecular complexity index is 810. The number of carboxylic acid groups (broad SMARTS) is 1. The van der Waals surface area contributed by atoms with E-state index in [9.17, 15) is 18.8 Å². The number of carbonyl (C=O) groups excluding carboxylic acids is 2. The van der Waals surface area contributed by atoms with Crippen molar-refractivity contribution in [1.82, 2.24) is 0 Å². The van der Waals surface area contributed by atoms with E-state index >= 15 is 0 Å². The number of halogens is 1. The number of benzene rings is 1. The Morgan fingerprint density at radius 1 is 1.40 bits per heavy atom. The summed E-state index contributed by atoms with van der Waals surface area (Å²) in [5.41, 5.74) is -0.850. The van der Waals surface area contributed by atoms with Crippen LogP contribution in [-0.4, -0.2) is 35.0 Å². The normalized spacial score (nSPS) is 16.6.